The molecule has 17 heavy (non-hydrogen) atoms. The Balaban J connectivity index is 2.39. The number of hydrogen-bond donors (Lipinski definition) is 3. The van der Waals surface area contributed by atoms with Crippen molar-refractivity contribution in [3.8, 4) is 0 Å². The van der Waals surface area contributed by atoms with Crippen LogP contribution in [0.4, 0.5) is 4.79 Å². The van der Waals surface area contributed by atoms with Crippen molar-refractivity contribution < 1.29 is 19.4 Å². The van der Waals surface area contributed by atoms with Gasteiger partial charge in [0.05, 0.1) is 6.61 Å². The van der Waals surface area contributed by atoms with Crippen LogP contribution in [0.5, 0.6) is 0 Å². The standard InChI is InChI=1S/C11H20N2O4/c1-11(2,3)17-10(16)13-8(6-14)9(15)12-7-4-5-7/h7-8,14H,4-6H2,1-3H3,(H,12,15)(H,13,16)/t8-/m0/s1. The van der Waals surface area contributed by atoms with Crippen molar-refractivity contribution >= 4 is 12.0 Å². The minimum Gasteiger partial charge on any atom is -0.444 e. The highest BCUT2D eigenvalue weighted by atomic mass is 16.6. The quantitative estimate of drug-likeness (QED) is 0.657. The van der Waals surface area contributed by atoms with Crippen molar-refractivity contribution in [1.82, 2.24) is 10.6 Å². The topological polar surface area (TPSA) is 87.7 Å². The van der Waals surface area contributed by atoms with Gasteiger partial charge in [0, 0.05) is 6.04 Å². The lowest BCUT2D eigenvalue weighted by Gasteiger charge is -2.22. The maximum absolute atomic E-state index is 11.6. The Bertz CT molecular complexity index is 294. The maximum Gasteiger partial charge on any atom is 0.408 e. The molecule has 3 N–H and O–H groups in total. The third-order valence-electron chi connectivity index (χ3n) is 2.11. The third-order valence-corrected chi connectivity index (χ3v) is 2.11. The Labute approximate surface area is 101 Å². The van der Waals surface area contributed by atoms with Crippen LogP contribution in [0.3, 0.4) is 0 Å². The second-order valence-electron chi connectivity index (χ2n) is 5.16. The predicted molar refractivity (Wildman–Crippen MR) is 61.4 cm³/mol. The van der Waals surface area contributed by atoms with E-state index in [2.05, 4.69) is 10.6 Å². The summed E-state index contributed by atoms with van der Waals surface area (Å²) in [6.07, 6.45) is 1.20. The molecule has 0 aromatic heterocycles. The van der Waals surface area contributed by atoms with E-state index in [4.69, 9.17) is 9.84 Å². The van der Waals surface area contributed by atoms with E-state index in [0.717, 1.165) is 12.8 Å². The molecule has 98 valence electrons. The highest BCUT2D eigenvalue weighted by Gasteiger charge is 2.29. The van der Waals surface area contributed by atoms with Crippen LogP contribution in [0.1, 0.15) is 33.6 Å². The summed E-state index contributed by atoms with van der Waals surface area (Å²) in [5.41, 5.74) is -0.628. The SMILES string of the molecule is CC(C)(C)OC(=O)N[C@@H](CO)C(=O)NC1CC1. The largest absolute Gasteiger partial charge is 0.444 e. The molecule has 1 atom stereocenters. The van der Waals surface area contributed by atoms with Crippen molar-refractivity contribution in [2.75, 3.05) is 6.61 Å². The van der Waals surface area contributed by atoms with E-state index < -0.39 is 24.3 Å². The number of ether oxygens (including phenoxy) is 1. The van der Waals surface area contributed by atoms with Gasteiger partial charge in [0.25, 0.3) is 0 Å². The van der Waals surface area contributed by atoms with Gasteiger partial charge in [-0.05, 0) is 33.6 Å². The molecule has 0 bridgehead atoms. The number of carbonyl (C=O) groups is 2. The van der Waals surface area contributed by atoms with Crippen LogP contribution in [0.25, 0.3) is 0 Å². The number of rotatable bonds is 4. The molecule has 6 nitrogen and oxygen atoms in total. The van der Waals surface area contributed by atoms with E-state index in [9.17, 15) is 9.59 Å². The van der Waals surface area contributed by atoms with Crippen LogP contribution in [0.2, 0.25) is 0 Å². The number of carbonyl (C=O) groups excluding carboxylic acids is 2. The molecule has 0 saturated heterocycles. The van der Waals surface area contributed by atoms with Crippen LogP contribution in [0, 0.1) is 0 Å². The van der Waals surface area contributed by atoms with E-state index in [1.165, 1.54) is 0 Å². The fourth-order valence-corrected chi connectivity index (χ4v) is 1.17. The smallest absolute Gasteiger partial charge is 0.408 e. The summed E-state index contributed by atoms with van der Waals surface area (Å²) in [7, 11) is 0. The van der Waals surface area contributed by atoms with E-state index in [1.807, 2.05) is 0 Å². The van der Waals surface area contributed by atoms with E-state index >= 15 is 0 Å². The summed E-state index contributed by atoms with van der Waals surface area (Å²) in [5, 5.41) is 14.1. The van der Waals surface area contributed by atoms with Crippen LogP contribution in [-0.4, -0.2) is 41.4 Å². The van der Waals surface area contributed by atoms with Crippen LogP contribution < -0.4 is 10.6 Å². The first-order valence-corrected chi connectivity index (χ1v) is 5.72. The minimum atomic E-state index is -0.953. The Kier molecular flexibility index (Phi) is 4.34. The highest BCUT2D eigenvalue weighted by molar-refractivity contribution is 5.86. The number of amides is 2. The second-order valence-corrected chi connectivity index (χ2v) is 5.16. The van der Waals surface area contributed by atoms with Gasteiger partial charge >= 0.3 is 6.09 Å². The predicted octanol–water partition coefficient (Wildman–Crippen LogP) is 0.151. The van der Waals surface area contributed by atoms with Gasteiger partial charge in [-0.25, -0.2) is 4.79 Å². The molecule has 0 aliphatic heterocycles. The molecule has 1 aliphatic rings. The lowest BCUT2D eigenvalue weighted by Crippen LogP contribution is -2.50. The van der Waals surface area contributed by atoms with Crippen LogP contribution in [0.15, 0.2) is 0 Å². The van der Waals surface area contributed by atoms with Gasteiger partial charge in [-0.15, -0.1) is 0 Å². The fourth-order valence-electron chi connectivity index (χ4n) is 1.17. The first-order valence-electron chi connectivity index (χ1n) is 5.72. The molecule has 0 aromatic rings. The fraction of sp³-hybridized carbons (Fsp3) is 0.818. The van der Waals surface area contributed by atoms with Gasteiger partial charge in [-0.2, -0.15) is 0 Å². The average Bonchev–Trinajstić information content (AvgIpc) is 2.94. The Morgan fingerprint density at radius 3 is 2.41 bits per heavy atom. The molecule has 1 aliphatic carbocycles. The monoisotopic (exact) mass is 244 g/mol. The Morgan fingerprint density at radius 1 is 1.41 bits per heavy atom. The maximum atomic E-state index is 11.6. The molecule has 6 heteroatoms. The zero-order valence-corrected chi connectivity index (χ0v) is 10.4. The Hall–Kier alpha value is -1.30. The summed E-state index contributed by atoms with van der Waals surface area (Å²) < 4.78 is 5.00. The van der Waals surface area contributed by atoms with E-state index in [1.54, 1.807) is 20.8 Å². The third kappa shape index (κ3) is 5.53. The summed E-state index contributed by atoms with van der Waals surface area (Å²) in [4.78, 5) is 23.0. The number of aliphatic hydroxyl groups excluding tert-OH is 1. The molecule has 0 spiro atoms. The zero-order chi connectivity index (χ0) is 13.1. The molecular formula is C11H20N2O4. The first kappa shape index (κ1) is 13.8. The normalized spacial score (nSPS) is 17.2. The highest BCUT2D eigenvalue weighted by Crippen LogP contribution is 2.18. The van der Waals surface area contributed by atoms with Crippen molar-refractivity contribution in [3.05, 3.63) is 0 Å². The van der Waals surface area contributed by atoms with E-state index in [-0.39, 0.29) is 11.9 Å². The molecule has 1 fully saturated rings. The van der Waals surface area contributed by atoms with Gasteiger partial charge < -0.3 is 20.5 Å². The van der Waals surface area contributed by atoms with E-state index in [0.29, 0.717) is 0 Å². The second kappa shape index (κ2) is 5.35. The number of nitrogens with one attached hydrogen (secondary N) is 2. The van der Waals surface area contributed by atoms with Crippen molar-refractivity contribution in [2.45, 2.75) is 51.3 Å². The number of alkyl carbamates (subject to hydrolysis) is 1. The molecule has 0 radical (unpaired) electrons. The van der Waals surface area contributed by atoms with Crippen molar-refractivity contribution in [3.63, 3.8) is 0 Å². The summed E-state index contributed by atoms with van der Waals surface area (Å²) >= 11 is 0. The number of aliphatic hydroxyl groups is 1. The summed E-state index contributed by atoms with van der Waals surface area (Å²) in [5.74, 6) is -0.374. The van der Waals surface area contributed by atoms with Crippen molar-refractivity contribution in [2.24, 2.45) is 0 Å². The van der Waals surface area contributed by atoms with Gasteiger partial charge in [0.15, 0.2) is 0 Å². The lowest BCUT2D eigenvalue weighted by molar-refractivity contribution is -0.124. The minimum absolute atomic E-state index is 0.192. The molecule has 1 rings (SSSR count). The molecule has 0 unspecified atom stereocenters. The molecular weight excluding hydrogens is 224 g/mol. The molecule has 2 amide bonds. The first-order chi connectivity index (χ1) is 7.81. The Morgan fingerprint density at radius 2 is 2.00 bits per heavy atom. The van der Waals surface area contributed by atoms with Gasteiger partial charge in [0.1, 0.15) is 11.6 Å². The van der Waals surface area contributed by atoms with Gasteiger partial charge in [-0.3, -0.25) is 4.79 Å². The number of hydrogen-bond acceptors (Lipinski definition) is 4. The summed E-state index contributed by atoms with van der Waals surface area (Å²) in [6.45, 7) is 4.73. The van der Waals surface area contributed by atoms with Crippen LogP contribution >= 0.6 is 0 Å². The molecule has 0 heterocycles. The van der Waals surface area contributed by atoms with Crippen molar-refractivity contribution in [1.29, 1.82) is 0 Å². The van der Waals surface area contributed by atoms with Gasteiger partial charge in [0.2, 0.25) is 5.91 Å². The summed E-state index contributed by atoms with van der Waals surface area (Å²) in [6, 6.07) is -0.762. The molecule has 1 saturated carbocycles. The lowest BCUT2D eigenvalue weighted by atomic mass is 10.2. The van der Waals surface area contributed by atoms with Crippen LogP contribution in [-0.2, 0) is 9.53 Å². The molecule has 0 aromatic carbocycles. The average molecular weight is 244 g/mol. The van der Waals surface area contributed by atoms with Gasteiger partial charge in [-0.1, -0.05) is 0 Å². The zero-order valence-electron chi connectivity index (χ0n) is 10.4.